The maximum Gasteiger partial charge on any atom is 0.210 e. The molecule has 2 aromatic rings. The number of halogens is 2. The van der Waals surface area contributed by atoms with E-state index in [-0.39, 0.29) is 16.3 Å². The summed E-state index contributed by atoms with van der Waals surface area (Å²) in [6.45, 7) is 3.28. The molecular weight excluding hydrogens is 423 g/mol. The zero-order valence-electron chi connectivity index (χ0n) is 14.3. The lowest BCUT2D eigenvalue weighted by Gasteiger charge is -2.18. The second kappa shape index (κ2) is 6.32. The molecule has 26 heavy (non-hydrogen) atoms. The minimum absolute atomic E-state index is 0.137. The number of Topliss-reactive ketones (excluding diaryl/α,β-unsaturated/α-hetero) is 1. The van der Waals surface area contributed by atoms with Gasteiger partial charge in [0.2, 0.25) is 5.78 Å². The van der Waals surface area contributed by atoms with Gasteiger partial charge in [0, 0.05) is 16.3 Å². The molecule has 0 bridgehead atoms. The number of carbonyl (C=O) groups is 1. The first-order chi connectivity index (χ1) is 12.0. The summed E-state index contributed by atoms with van der Waals surface area (Å²) in [5.41, 5.74) is 0.119. The van der Waals surface area contributed by atoms with Crippen LogP contribution in [0, 0.1) is 5.82 Å². The average Bonchev–Trinajstić information content (AvgIpc) is 2.76. The largest absolute Gasteiger partial charge is 0.478 e. The summed E-state index contributed by atoms with van der Waals surface area (Å²) < 4.78 is 43.5. The molecule has 0 fully saturated rings. The van der Waals surface area contributed by atoms with Crippen molar-refractivity contribution in [1.29, 1.82) is 0 Å². The SMILES string of the molecule is CC1(C)OC(c2ccc(S(C)(=O)=O)c(Br)c2)=C(c2cccc(F)c2)C1=O. The fraction of sp³-hybridized carbons (Fsp3) is 0.211. The van der Waals surface area contributed by atoms with Crippen molar-refractivity contribution in [2.45, 2.75) is 24.3 Å². The molecule has 2 aromatic carbocycles. The van der Waals surface area contributed by atoms with Crippen LogP contribution in [0.2, 0.25) is 0 Å². The van der Waals surface area contributed by atoms with Gasteiger partial charge in [0.15, 0.2) is 15.4 Å². The fourth-order valence-corrected chi connectivity index (χ4v) is 4.80. The van der Waals surface area contributed by atoms with Crippen LogP contribution in [0.15, 0.2) is 51.8 Å². The molecule has 1 aliphatic rings. The van der Waals surface area contributed by atoms with Crippen LogP contribution >= 0.6 is 15.9 Å². The summed E-state index contributed by atoms with van der Waals surface area (Å²) in [5.74, 6) is -0.423. The van der Waals surface area contributed by atoms with E-state index in [4.69, 9.17) is 4.74 Å². The highest BCUT2D eigenvalue weighted by Crippen LogP contribution is 2.42. The van der Waals surface area contributed by atoms with E-state index in [0.717, 1.165) is 6.26 Å². The molecule has 136 valence electrons. The fourth-order valence-electron chi connectivity index (χ4n) is 2.81. The Hall–Kier alpha value is -1.99. The van der Waals surface area contributed by atoms with Crippen LogP contribution in [-0.4, -0.2) is 26.1 Å². The molecule has 0 aliphatic carbocycles. The highest BCUT2D eigenvalue weighted by Gasteiger charge is 2.43. The van der Waals surface area contributed by atoms with Gasteiger partial charge in [0.25, 0.3) is 0 Å². The summed E-state index contributed by atoms with van der Waals surface area (Å²) in [4.78, 5) is 13.0. The van der Waals surface area contributed by atoms with E-state index >= 15 is 0 Å². The van der Waals surface area contributed by atoms with Crippen molar-refractivity contribution in [1.82, 2.24) is 0 Å². The summed E-state index contributed by atoms with van der Waals surface area (Å²) in [5, 5.41) is 0. The van der Waals surface area contributed by atoms with Gasteiger partial charge in [-0.15, -0.1) is 0 Å². The molecule has 0 aromatic heterocycles. The van der Waals surface area contributed by atoms with Crippen molar-refractivity contribution < 1.29 is 22.3 Å². The molecule has 4 nitrogen and oxygen atoms in total. The van der Waals surface area contributed by atoms with Gasteiger partial charge in [-0.3, -0.25) is 4.79 Å². The van der Waals surface area contributed by atoms with Crippen molar-refractivity contribution in [3.8, 4) is 0 Å². The first-order valence-corrected chi connectivity index (χ1v) is 10.4. The van der Waals surface area contributed by atoms with Gasteiger partial charge in [-0.05, 0) is 65.7 Å². The third-order valence-electron chi connectivity index (χ3n) is 4.06. The van der Waals surface area contributed by atoms with Crippen LogP contribution in [0.1, 0.15) is 25.0 Å². The molecule has 0 amide bonds. The van der Waals surface area contributed by atoms with E-state index < -0.39 is 21.3 Å². The van der Waals surface area contributed by atoms with E-state index in [2.05, 4.69) is 15.9 Å². The summed E-state index contributed by atoms with van der Waals surface area (Å²) in [6.07, 6.45) is 1.11. The Bertz CT molecular complexity index is 1050. The number of benzene rings is 2. The molecular formula is C19H16BrFO4S. The molecule has 7 heteroatoms. The predicted molar refractivity (Wildman–Crippen MR) is 101 cm³/mol. The molecule has 0 saturated heterocycles. The quantitative estimate of drug-likeness (QED) is 0.718. The second-order valence-corrected chi connectivity index (χ2v) is 9.41. The highest BCUT2D eigenvalue weighted by atomic mass is 79.9. The van der Waals surface area contributed by atoms with Crippen LogP contribution in [-0.2, 0) is 19.4 Å². The minimum atomic E-state index is -3.40. The Morgan fingerprint density at radius 1 is 1.08 bits per heavy atom. The van der Waals surface area contributed by atoms with Gasteiger partial charge in [-0.25, -0.2) is 12.8 Å². The molecule has 0 radical (unpaired) electrons. The Morgan fingerprint density at radius 2 is 1.77 bits per heavy atom. The lowest BCUT2D eigenvalue weighted by Crippen LogP contribution is -2.29. The molecule has 3 rings (SSSR count). The zero-order chi connectivity index (χ0) is 19.3. The van der Waals surface area contributed by atoms with Crippen LogP contribution in [0.25, 0.3) is 11.3 Å². The number of rotatable bonds is 3. The molecule has 1 aliphatic heterocycles. The van der Waals surface area contributed by atoms with Gasteiger partial charge in [0.05, 0.1) is 10.5 Å². The smallest absolute Gasteiger partial charge is 0.210 e. The van der Waals surface area contributed by atoms with Crippen LogP contribution in [0.3, 0.4) is 0 Å². The van der Waals surface area contributed by atoms with E-state index in [1.807, 2.05) is 0 Å². The van der Waals surface area contributed by atoms with Gasteiger partial charge in [-0.2, -0.15) is 0 Å². The lowest BCUT2D eigenvalue weighted by molar-refractivity contribution is -0.125. The molecule has 0 spiro atoms. The van der Waals surface area contributed by atoms with Gasteiger partial charge >= 0.3 is 0 Å². The molecule has 0 saturated carbocycles. The molecule has 0 unspecified atom stereocenters. The van der Waals surface area contributed by atoms with Crippen molar-refractivity contribution in [3.63, 3.8) is 0 Å². The number of hydrogen-bond acceptors (Lipinski definition) is 4. The summed E-state index contributed by atoms with van der Waals surface area (Å²) in [6, 6.07) is 10.3. The number of hydrogen-bond donors (Lipinski definition) is 0. The van der Waals surface area contributed by atoms with Gasteiger partial charge in [-0.1, -0.05) is 12.1 Å². The van der Waals surface area contributed by atoms with Gasteiger partial charge in [0.1, 0.15) is 11.6 Å². The topological polar surface area (TPSA) is 60.4 Å². The van der Waals surface area contributed by atoms with E-state index in [0.29, 0.717) is 21.4 Å². The standard InChI is InChI=1S/C19H16BrFO4S/c1-19(2)18(22)16(11-5-4-6-13(21)9-11)17(25-19)12-7-8-15(14(20)10-12)26(3,23)24/h4-10H,1-3H3. The third kappa shape index (κ3) is 3.33. The van der Waals surface area contributed by atoms with Crippen molar-refractivity contribution in [2.24, 2.45) is 0 Å². The second-order valence-electron chi connectivity index (χ2n) is 6.57. The Morgan fingerprint density at radius 3 is 2.35 bits per heavy atom. The lowest BCUT2D eigenvalue weighted by atomic mass is 9.92. The van der Waals surface area contributed by atoms with E-state index in [1.165, 1.54) is 24.3 Å². The van der Waals surface area contributed by atoms with Crippen molar-refractivity contribution >= 4 is 42.9 Å². The monoisotopic (exact) mass is 438 g/mol. The van der Waals surface area contributed by atoms with Crippen LogP contribution < -0.4 is 0 Å². The molecule has 0 atom stereocenters. The highest BCUT2D eigenvalue weighted by molar-refractivity contribution is 9.10. The van der Waals surface area contributed by atoms with Crippen LogP contribution in [0.5, 0.6) is 0 Å². The number of ether oxygens (including phenoxy) is 1. The maximum atomic E-state index is 13.7. The first-order valence-electron chi connectivity index (χ1n) is 7.75. The molecule has 0 N–H and O–H groups in total. The average molecular weight is 439 g/mol. The van der Waals surface area contributed by atoms with Gasteiger partial charge < -0.3 is 4.74 Å². The zero-order valence-corrected chi connectivity index (χ0v) is 16.7. The Labute approximate surface area is 159 Å². The first kappa shape index (κ1) is 18.8. The van der Waals surface area contributed by atoms with Crippen LogP contribution in [0.4, 0.5) is 4.39 Å². The molecule has 1 heterocycles. The number of ketones is 1. The summed E-state index contributed by atoms with van der Waals surface area (Å²) >= 11 is 3.26. The Kier molecular flexibility index (Phi) is 4.56. The minimum Gasteiger partial charge on any atom is -0.478 e. The van der Waals surface area contributed by atoms with E-state index in [9.17, 15) is 17.6 Å². The number of carbonyl (C=O) groups excluding carboxylic acids is 1. The summed E-state index contributed by atoms with van der Waals surface area (Å²) in [7, 11) is -3.40. The predicted octanol–water partition coefficient (Wildman–Crippen LogP) is 4.24. The van der Waals surface area contributed by atoms with Crippen molar-refractivity contribution in [2.75, 3.05) is 6.26 Å². The normalized spacial score (nSPS) is 16.7. The maximum absolute atomic E-state index is 13.7. The van der Waals surface area contributed by atoms with Crippen molar-refractivity contribution in [3.05, 3.63) is 63.9 Å². The third-order valence-corrected chi connectivity index (χ3v) is 6.14. The Balaban J connectivity index is 2.22. The number of sulfone groups is 1. The van der Waals surface area contributed by atoms with E-state index in [1.54, 1.807) is 32.0 Å².